The lowest BCUT2D eigenvalue weighted by Crippen LogP contribution is -2.17. The molecule has 0 fully saturated rings. The van der Waals surface area contributed by atoms with Gasteiger partial charge in [0.25, 0.3) is 0 Å². The molecule has 0 unspecified atom stereocenters. The van der Waals surface area contributed by atoms with E-state index in [0.717, 1.165) is 0 Å². The summed E-state index contributed by atoms with van der Waals surface area (Å²) in [5.74, 6) is 0. The second kappa shape index (κ2) is 4.86. The van der Waals surface area contributed by atoms with Crippen LogP contribution in [-0.4, -0.2) is 39.7 Å². The Kier molecular flexibility index (Phi) is 4.78. The zero-order valence-corrected chi connectivity index (χ0v) is 8.21. The van der Waals surface area contributed by atoms with Gasteiger partial charge in [-0.25, -0.2) is 0 Å². The fourth-order valence-electron chi connectivity index (χ4n) is 0.436. The minimum absolute atomic E-state index is 0.144. The lowest BCUT2D eigenvalue weighted by Gasteiger charge is -2.00. The summed E-state index contributed by atoms with van der Waals surface area (Å²) < 4.78 is 53.2. The summed E-state index contributed by atoms with van der Waals surface area (Å²) in [4.78, 5) is 0. The van der Waals surface area contributed by atoms with Gasteiger partial charge in [0.1, 0.15) is 0 Å². The van der Waals surface area contributed by atoms with E-state index in [1.165, 1.54) is 0 Å². The maximum absolute atomic E-state index is 10.5. The zero-order chi connectivity index (χ0) is 10.5. The molecule has 2 N–H and O–H groups in total. The molecule has 0 aliphatic rings. The van der Waals surface area contributed by atoms with E-state index in [0.29, 0.717) is 6.42 Å². The maximum Gasteiger partial charge on any atom is 0.399 e. The van der Waals surface area contributed by atoms with Crippen molar-refractivity contribution in [1.29, 1.82) is 0 Å². The van der Waals surface area contributed by atoms with Gasteiger partial charge in [0, 0.05) is 6.61 Å². The third-order valence-electron chi connectivity index (χ3n) is 1.04. The fraction of sp³-hybridized carbons (Fsp3) is 1.00. The molecule has 0 amide bonds. The van der Waals surface area contributed by atoms with E-state index in [9.17, 15) is 16.8 Å². The zero-order valence-electron chi connectivity index (χ0n) is 6.58. The van der Waals surface area contributed by atoms with Gasteiger partial charge in [0.15, 0.2) is 0 Å². The van der Waals surface area contributed by atoms with Crippen molar-refractivity contribution < 1.29 is 30.7 Å². The molecule has 0 rings (SSSR count). The Bertz CT molecular complexity index is 326. The highest BCUT2D eigenvalue weighted by molar-refractivity contribution is 8.63. The Morgan fingerprint density at radius 1 is 1.08 bits per heavy atom. The predicted octanol–water partition coefficient (Wildman–Crippen LogP) is -1.09. The molecule has 7 nitrogen and oxygen atoms in total. The highest BCUT2D eigenvalue weighted by atomic mass is 33.2. The number of aliphatic hydroxyl groups is 1. The van der Waals surface area contributed by atoms with Crippen LogP contribution in [0.5, 0.6) is 0 Å². The molecule has 0 spiro atoms. The van der Waals surface area contributed by atoms with E-state index in [1.807, 2.05) is 0 Å². The first kappa shape index (κ1) is 12.8. The molecule has 0 aromatic carbocycles. The molecule has 0 aliphatic carbocycles. The first-order valence-electron chi connectivity index (χ1n) is 3.29. The molecule has 0 atom stereocenters. The molecule has 80 valence electrons. The van der Waals surface area contributed by atoms with Crippen LogP contribution in [-0.2, 0) is 22.5 Å². The van der Waals surface area contributed by atoms with Gasteiger partial charge in [0.2, 0.25) is 0 Å². The third kappa shape index (κ3) is 4.52. The van der Waals surface area contributed by atoms with Crippen LogP contribution < -0.4 is 0 Å². The topological polar surface area (TPSA) is 118 Å². The second-order valence-corrected chi connectivity index (χ2v) is 6.48. The van der Waals surface area contributed by atoms with E-state index in [4.69, 9.17) is 9.66 Å². The van der Waals surface area contributed by atoms with Crippen LogP contribution >= 0.6 is 0 Å². The molecule has 0 aromatic heterocycles. The second-order valence-electron chi connectivity index (χ2n) is 2.09. The number of unbranched alkanes of at least 4 members (excludes halogenated alkanes) is 1. The smallest absolute Gasteiger partial charge is 0.396 e. The van der Waals surface area contributed by atoms with Gasteiger partial charge in [-0.05, 0) is 12.8 Å². The van der Waals surface area contributed by atoms with Crippen LogP contribution in [0, 0.1) is 0 Å². The van der Waals surface area contributed by atoms with Crippen molar-refractivity contribution in [3.63, 3.8) is 0 Å². The Labute approximate surface area is 75.6 Å². The van der Waals surface area contributed by atoms with Gasteiger partial charge >= 0.3 is 18.3 Å². The lowest BCUT2D eigenvalue weighted by molar-refractivity contribution is 0.257. The lowest BCUT2D eigenvalue weighted by atomic mass is 10.3. The van der Waals surface area contributed by atoms with Crippen LogP contribution in [0.4, 0.5) is 0 Å². The number of rotatable bonds is 6. The number of hydrogen-bond donors (Lipinski definition) is 2. The molecule has 13 heavy (non-hydrogen) atoms. The Morgan fingerprint density at radius 3 is 2.00 bits per heavy atom. The summed E-state index contributed by atoms with van der Waals surface area (Å²) in [5, 5.41) is 8.28. The normalized spacial score (nSPS) is 13.1. The van der Waals surface area contributed by atoms with E-state index >= 15 is 0 Å². The maximum atomic E-state index is 10.5. The minimum atomic E-state index is -5.20. The standard InChI is InChI=1S/C4H10O7S2/c5-3-1-2-4-11-13(9,10)12(6,7)8/h5H,1-4H2,(H,6,7,8). The average molecular weight is 234 g/mol. The van der Waals surface area contributed by atoms with Crippen molar-refractivity contribution in [3.8, 4) is 0 Å². The monoisotopic (exact) mass is 234 g/mol. The van der Waals surface area contributed by atoms with Gasteiger partial charge in [-0.3, -0.25) is 8.74 Å². The van der Waals surface area contributed by atoms with Crippen molar-refractivity contribution >= 4 is 18.3 Å². The van der Waals surface area contributed by atoms with Crippen LogP contribution in [0.15, 0.2) is 0 Å². The quantitative estimate of drug-likeness (QED) is 0.340. The van der Waals surface area contributed by atoms with Crippen molar-refractivity contribution in [1.82, 2.24) is 0 Å². The molecule has 9 heteroatoms. The van der Waals surface area contributed by atoms with Crippen LogP contribution in [0.1, 0.15) is 12.8 Å². The van der Waals surface area contributed by atoms with E-state index < -0.39 is 18.3 Å². The van der Waals surface area contributed by atoms with Gasteiger partial charge < -0.3 is 5.11 Å². The summed E-state index contributed by atoms with van der Waals surface area (Å²) >= 11 is 0. The third-order valence-corrected chi connectivity index (χ3v) is 3.85. The molecule has 0 aromatic rings. The molecular weight excluding hydrogens is 224 g/mol. The summed E-state index contributed by atoms with van der Waals surface area (Å²) in [6.45, 7) is -0.530. The average Bonchev–Trinajstić information content (AvgIpc) is 1.96. The fourth-order valence-corrected chi connectivity index (χ4v) is 1.45. The molecule has 0 heterocycles. The van der Waals surface area contributed by atoms with Gasteiger partial charge in [-0.1, -0.05) is 0 Å². The van der Waals surface area contributed by atoms with Crippen molar-refractivity contribution in [3.05, 3.63) is 0 Å². The first-order chi connectivity index (χ1) is 5.81. The molecule has 0 bridgehead atoms. The summed E-state index contributed by atoms with van der Waals surface area (Å²) in [5.41, 5.74) is 0. The van der Waals surface area contributed by atoms with Gasteiger partial charge in [0.05, 0.1) is 6.61 Å². The number of hydrogen-bond acceptors (Lipinski definition) is 6. The Balaban J connectivity index is 4.08. The minimum Gasteiger partial charge on any atom is -0.396 e. The van der Waals surface area contributed by atoms with Crippen LogP contribution in [0.2, 0.25) is 0 Å². The highest BCUT2D eigenvalue weighted by Crippen LogP contribution is 2.03. The van der Waals surface area contributed by atoms with Gasteiger partial charge in [-0.2, -0.15) is 16.8 Å². The van der Waals surface area contributed by atoms with E-state index in [1.54, 1.807) is 0 Å². The largest absolute Gasteiger partial charge is 0.399 e. The molecule has 0 radical (unpaired) electrons. The predicted molar refractivity (Wildman–Crippen MR) is 42.7 cm³/mol. The summed E-state index contributed by atoms with van der Waals surface area (Å²) in [7, 11) is -10.1. The van der Waals surface area contributed by atoms with Gasteiger partial charge in [-0.15, -0.1) is 0 Å². The molecule has 0 saturated heterocycles. The summed E-state index contributed by atoms with van der Waals surface area (Å²) in [6.07, 6.45) is 0.478. The van der Waals surface area contributed by atoms with E-state index in [-0.39, 0.29) is 19.6 Å². The van der Waals surface area contributed by atoms with Crippen LogP contribution in [0.3, 0.4) is 0 Å². The van der Waals surface area contributed by atoms with Crippen molar-refractivity contribution in [2.75, 3.05) is 13.2 Å². The molecular formula is C4H10O7S2. The molecule has 0 saturated carbocycles. The van der Waals surface area contributed by atoms with Crippen LogP contribution in [0.25, 0.3) is 0 Å². The van der Waals surface area contributed by atoms with Crippen molar-refractivity contribution in [2.45, 2.75) is 12.8 Å². The highest BCUT2D eigenvalue weighted by Gasteiger charge is 2.27. The number of aliphatic hydroxyl groups excluding tert-OH is 1. The molecule has 0 aliphatic heterocycles. The Morgan fingerprint density at radius 2 is 1.62 bits per heavy atom. The summed E-state index contributed by atoms with van der Waals surface area (Å²) in [6, 6.07) is 0. The van der Waals surface area contributed by atoms with Crippen molar-refractivity contribution in [2.24, 2.45) is 0 Å². The van der Waals surface area contributed by atoms with E-state index in [2.05, 4.69) is 4.18 Å². The first-order valence-corrected chi connectivity index (χ1v) is 6.65. The SMILES string of the molecule is O=S(=O)(O)S(=O)(=O)OCCCCO. The Hall–Kier alpha value is -0.220.